The van der Waals surface area contributed by atoms with E-state index in [0.717, 1.165) is 34.4 Å². The predicted octanol–water partition coefficient (Wildman–Crippen LogP) is 2.91. The Kier molecular flexibility index (Phi) is 4.44. The molecule has 2 rings (SSSR count). The monoisotopic (exact) mass is 365 g/mol. The highest BCUT2D eigenvalue weighted by Crippen LogP contribution is 2.26. The average molecular weight is 367 g/mol. The number of alkyl halides is 1. The Morgan fingerprint density at radius 2 is 2.00 bits per heavy atom. The van der Waals surface area contributed by atoms with Crippen LogP contribution in [-0.4, -0.2) is 28.8 Å². The summed E-state index contributed by atoms with van der Waals surface area (Å²) < 4.78 is 12.4. The molecule has 5 heteroatoms. The molecule has 1 aliphatic rings. The van der Waals surface area contributed by atoms with Gasteiger partial charge in [-0.05, 0) is 17.7 Å². The zero-order valence-corrected chi connectivity index (χ0v) is 12.8. The van der Waals surface area contributed by atoms with Gasteiger partial charge >= 0.3 is 0 Å². The van der Waals surface area contributed by atoms with E-state index in [9.17, 15) is 4.21 Å². The molecule has 0 atom stereocenters. The summed E-state index contributed by atoms with van der Waals surface area (Å²) in [4.78, 5) is 2.30. The minimum atomic E-state index is -0.607. The first kappa shape index (κ1) is 12.6. The molecule has 0 saturated carbocycles. The molecule has 16 heavy (non-hydrogen) atoms. The number of nitrogens with zero attached hydrogens (tertiary/aromatic N) is 1. The third-order valence-corrected chi connectivity index (χ3v) is 5.34. The molecule has 1 aromatic rings. The summed E-state index contributed by atoms with van der Waals surface area (Å²) >= 11 is 7.02. The van der Waals surface area contributed by atoms with Crippen LogP contribution in [0.2, 0.25) is 0 Å². The summed E-state index contributed by atoms with van der Waals surface area (Å²) in [5, 5.41) is 0.859. The van der Waals surface area contributed by atoms with E-state index in [1.807, 2.05) is 0 Å². The Morgan fingerprint density at radius 1 is 1.31 bits per heavy atom. The number of hydrogen-bond acceptors (Lipinski definition) is 2. The van der Waals surface area contributed by atoms with Crippen LogP contribution in [0.1, 0.15) is 5.56 Å². The highest BCUT2D eigenvalue weighted by atomic mass is 79.9. The Morgan fingerprint density at radius 3 is 2.56 bits per heavy atom. The standard InChI is InChI=1S/C11H13Br2NOS/c12-8-9-1-2-10(7-11(9)13)14-3-5-16(15)6-4-14/h1-2,7H,3-6,8H2. The Labute approximate surface area is 115 Å². The van der Waals surface area contributed by atoms with Crippen LogP contribution >= 0.6 is 31.9 Å². The Bertz CT molecular complexity index is 401. The molecular formula is C11H13Br2NOS. The lowest BCUT2D eigenvalue weighted by Crippen LogP contribution is -2.37. The van der Waals surface area contributed by atoms with Crippen molar-refractivity contribution in [2.75, 3.05) is 29.5 Å². The first-order chi connectivity index (χ1) is 7.70. The fourth-order valence-corrected chi connectivity index (χ4v) is 4.16. The number of benzene rings is 1. The number of hydrogen-bond donors (Lipinski definition) is 0. The molecule has 0 aromatic heterocycles. The minimum Gasteiger partial charge on any atom is -0.370 e. The Balaban J connectivity index is 2.15. The van der Waals surface area contributed by atoms with Gasteiger partial charge < -0.3 is 4.90 Å². The third-order valence-electron chi connectivity index (χ3n) is 2.72. The van der Waals surface area contributed by atoms with E-state index >= 15 is 0 Å². The molecule has 0 unspecified atom stereocenters. The summed E-state index contributed by atoms with van der Waals surface area (Å²) in [5.74, 6) is 1.58. The van der Waals surface area contributed by atoms with Gasteiger partial charge in [-0.15, -0.1) is 0 Å². The molecule has 1 heterocycles. The van der Waals surface area contributed by atoms with Crippen LogP contribution in [0.15, 0.2) is 22.7 Å². The Hall–Kier alpha value is 0.130. The molecule has 0 amide bonds. The van der Waals surface area contributed by atoms with Crippen LogP contribution in [0.25, 0.3) is 0 Å². The van der Waals surface area contributed by atoms with Gasteiger partial charge in [-0.3, -0.25) is 4.21 Å². The van der Waals surface area contributed by atoms with Gasteiger partial charge in [0.15, 0.2) is 0 Å². The molecule has 88 valence electrons. The summed E-state index contributed by atoms with van der Waals surface area (Å²) in [6.45, 7) is 1.79. The lowest BCUT2D eigenvalue weighted by Gasteiger charge is -2.28. The van der Waals surface area contributed by atoms with E-state index in [2.05, 4.69) is 55.0 Å². The molecule has 1 fully saturated rings. The molecule has 1 aromatic carbocycles. The van der Waals surface area contributed by atoms with E-state index in [1.54, 1.807) is 0 Å². The lowest BCUT2D eigenvalue weighted by atomic mass is 10.2. The second-order valence-corrected chi connectivity index (χ2v) is 6.86. The van der Waals surface area contributed by atoms with Gasteiger partial charge in [0, 0.05) is 50.9 Å². The van der Waals surface area contributed by atoms with Crippen molar-refractivity contribution in [1.29, 1.82) is 0 Å². The second-order valence-electron chi connectivity index (χ2n) is 3.74. The predicted molar refractivity (Wildman–Crippen MR) is 76.9 cm³/mol. The van der Waals surface area contributed by atoms with Gasteiger partial charge in [-0.1, -0.05) is 37.9 Å². The maximum absolute atomic E-state index is 11.3. The topological polar surface area (TPSA) is 20.3 Å². The molecule has 1 aliphatic heterocycles. The van der Waals surface area contributed by atoms with Gasteiger partial charge in [0.1, 0.15) is 0 Å². The molecule has 0 spiro atoms. The molecule has 1 saturated heterocycles. The summed E-state index contributed by atoms with van der Waals surface area (Å²) in [6.07, 6.45) is 0. The van der Waals surface area contributed by atoms with Crippen LogP contribution in [0.4, 0.5) is 5.69 Å². The average Bonchev–Trinajstić information content (AvgIpc) is 2.30. The van der Waals surface area contributed by atoms with Crippen molar-refractivity contribution in [2.24, 2.45) is 0 Å². The highest BCUT2D eigenvalue weighted by molar-refractivity contribution is 9.10. The molecular weight excluding hydrogens is 354 g/mol. The van der Waals surface area contributed by atoms with Crippen LogP contribution in [0.3, 0.4) is 0 Å². The summed E-state index contributed by atoms with van der Waals surface area (Å²) in [6, 6.07) is 6.40. The van der Waals surface area contributed by atoms with Gasteiger partial charge in [-0.25, -0.2) is 0 Å². The van der Waals surface area contributed by atoms with E-state index in [0.29, 0.717) is 0 Å². The summed E-state index contributed by atoms with van der Waals surface area (Å²) in [7, 11) is -0.607. The second kappa shape index (κ2) is 5.65. The van der Waals surface area contributed by atoms with Crippen molar-refractivity contribution in [2.45, 2.75) is 5.33 Å². The molecule has 0 aliphatic carbocycles. The van der Waals surface area contributed by atoms with Gasteiger partial charge in [0.05, 0.1) is 0 Å². The maximum atomic E-state index is 11.3. The van der Waals surface area contributed by atoms with Crippen molar-refractivity contribution in [3.8, 4) is 0 Å². The van der Waals surface area contributed by atoms with Gasteiger partial charge in [0.25, 0.3) is 0 Å². The fourth-order valence-electron chi connectivity index (χ4n) is 1.74. The zero-order chi connectivity index (χ0) is 11.5. The van der Waals surface area contributed by atoms with Crippen LogP contribution in [0.5, 0.6) is 0 Å². The maximum Gasteiger partial charge on any atom is 0.0411 e. The third kappa shape index (κ3) is 2.87. The summed E-state index contributed by atoms with van der Waals surface area (Å²) in [5.41, 5.74) is 2.47. The van der Waals surface area contributed by atoms with Gasteiger partial charge in [0.2, 0.25) is 0 Å². The van der Waals surface area contributed by atoms with Crippen molar-refractivity contribution in [3.05, 3.63) is 28.2 Å². The first-order valence-corrected chi connectivity index (χ1v) is 8.55. The molecule has 0 N–H and O–H groups in total. The van der Waals surface area contributed by atoms with Crippen molar-refractivity contribution >= 4 is 48.3 Å². The largest absolute Gasteiger partial charge is 0.370 e. The number of anilines is 1. The quantitative estimate of drug-likeness (QED) is 0.750. The van der Waals surface area contributed by atoms with Crippen molar-refractivity contribution < 1.29 is 4.21 Å². The van der Waals surface area contributed by atoms with Crippen molar-refractivity contribution in [1.82, 2.24) is 0 Å². The smallest absolute Gasteiger partial charge is 0.0411 e. The highest BCUT2D eigenvalue weighted by Gasteiger charge is 2.15. The molecule has 0 bridgehead atoms. The fraction of sp³-hybridized carbons (Fsp3) is 0.455. The van der Waals surface area contributed by atoms with Crippen LogP contribution in [0, 0.1) is 0 Å². The normalized spacial score (nSPS) is 17.8. The zero-order valence-electron chi connectivity index (χ0n) is 8.79. The number of halogens is 2. The van der Waals surface area contributed by atoms with E-state index in [4.69, 9.17) is 0 Å². The van der Waals surface area contributed by atoms with Crippen molar-refractivity contribution in [3.63, 3.8) is 0 Å². The molecule has 0 radical (unpaired) electrons. The minimum absolute atomic E-state index is 0.607. The molecule has 2 nitrogen and oxygen atoms in total. The van der Waals surface area contributed by atoms with Crippen LogP contribution < -0.4 is 4.90 Å². The van der Waals surface area contributed by atoms with E-state index < -0.39 is 10.8 Å². The number of rotatable bonds is 2. The lowest BCUT2D eigenvalue weighted by molar-refractivity contribution is 0.673. The first-order valence-electron chi connectivity index (χ1n) is 5.15. The van der Waals surface area contributed by atoms with E-state index in [-0.39, 0.29) is 0 Å². The van der Waals surface area contributed by atoms with Gasteiger partial charge in [-0.2, -0.15) is 0 Å². The van der Waals surface area contributed by atoms with Crippen LogP contribution in [-0.2, 0) is 16.1 Å². The van der Waals surface area contributed by atoms with E-state index in [1.165, 1.54) is 11.3 Å². The SMILES string of the molecule is O=S1CCN(c2ccc(CBr)c(Br)c2)CC1.